The molecule has 0 unspecified atom stereocenters. The van der Waals surface area contributed by atoms with E-state index in [1.54, 1.807) is 0 Å². The smallest absolute Gasteiger partial charge is 0.228 e. The van der Waals surface area contributed by atoms with Crippen molar-refractivity contribution in [3.8, 4) is 0 Å². The minimum atomic E-state index is 0.108. The molecule has 0 radical (unpaired) electrons. The first-order valence-corrected chi connectivity index (χ1v) is 8.05. The highest BCUT2D eigenvalue weighted by atomic mass is 79.9. The van der Waals surface area contributed by atoms with Crippen molar-refractivity contribution in [1.82, 2.24) is 10.1 Å². The highest BCUT2D eigenvalue weighted by Crippen LogP contribution is 2.18. The summed E-state index contributed by atoms with van der Waals surface area (Å²) < 4.78 is 5.24. The molecule has 0 spiro atoms. The number of hydrogen-bond acceptors (Lipinski definition) is 3. The zero-order valence-electron chi connectivity index (χ0n) is 11.6. The van der Waals surface area contributed by atoms with Crippen LogP contribution in [0, 0.1) is 0 Å². The number of unbranched alkanes of at least 4 members (excludes halogenated alkanes) is 1. The fraction of sp³-hybridized carbons (Fsp3) is 0.467. The van der Waals surface area contributed by atoms with Crippen LogP contribution in [-0.4, -0.2) is 34.4 Å². The monoisotopic (exact) mass is 338 g/mol. The van der Waals surface area contributed by atoms with Crippen molar-refractivity contribution in [3.63, 3.8) is 0 Å². The molecular formula is C15H19BrN2O2. The fourth-order valence-electron chi connectivity index (χ4n) is 2.13. The summed E-state index contributed by atoms with van der Waals surface area (Å²) in [6.45, 7) is 3.66. The van der Waals surface area contributed by atoms with Gasteiger partial charge in [-0.2, -0.15) is 0 Å². The van der Waals surface area contributed by atoms with Crippen molar-refractivity contribution in [2.45, 2.75) is 26.2 Å². The topological polar surface area (TPSA) is 46.3 Å². The standard InChI is InChI=1S/C15H19BrN2O2/c1-2-3-9-18(10-8-16)15(19)11-13-12-6-4-5-7-14(12)20-17-13/h4-7H,2-3,8-11H2,1H3. The number of carbonyl (C=O) groups is 1. The van der Waals surface area contributed by atoms with Crippen LogP contribution >= 0.6 is 15.9 Å². The van der Waals surface area contributed by atoms with E-state index >= 15 is 0 Å². The second-order valence-electron chi connectivity index (χ2n) is 4.73. The molecule has 0 fully saturated rings. The molecule has 1 amide bonds. The molecule has 0 saturated carbocycles. The van der Waals surface area contributed by atoms with Crippen LogP contribution in [0.2, 0.25) is 0 Å². The second kappa shape index (κ2) is 7.43. The van der Waals surface area contributed by atoms with Gasteiger partial charge in [-0.25, -0.2) is 0 Å². The molecule has 2 aromatic rings. The van der Waals surface area contributed by atoms with Crippen LogP contribution in [-0.2, 0) is 11.2 Å². The van der Waals surface area contributed by atoms with Crippen LogP contribution in [0.15, 0.2) is 28.8 Å². The molecule has 5 heteroatoms. The Bertz CT molecular complexity index is 568. The summed E-state index contributed by atoms with van der Waals surface area (Å²) >= 11 is 3.40. The fourth-order valence-corrected chi connectivity index (χ4v) is 2.56. The van der Waals surface area contributed by atoms with E-state index in [9.17, 15) is 4.79 Å². The zero-order valence-corrected chi connectivity index (χ0v) is 13.2. The quantitative estimate of drug-likeness (QED) is 0.727. The molecule has 4 nitrogen and oxygen atoms in total. The number of carbonyl (C=O) groups excluding carboxylic acids is 1. The maximum atomic E-state index is 12.4. The lowest BCUT2D eigenvalue weighted by Gasteiger charge is -2.21. The lowest BCUT2D eigenvalue weighted by molar-refractivity contribution is -0.130. The maximum Gasteiger partial charge on any atom is 0.228 e. The van der Waals surface area contributed by atoms with Gasteiger partial charge >= 0.3 is 0 Å². The average molecular weight is 339 g/mol. The second-order valence-corrected chi connectivity index (χ2v) is 5.52. The SMILES string of the molecule is CCCCN(CCBr)C(=O)Cc1noc2ccccc12. The number of nitrogens with zero attached hydrogens (tertiary/aromatic N) is 2. The van der Waals surface area contributed by atoms with Crippen molar-refractivity contribution in [3.05, 3.63) is 30.0 Å². The molecule has 108 valence electrons. The number of halogens is 1. The highest BCUT2D eigenvalue weighted by molar-refractivity contribution is 9.09. The molecule has 0 aliphatic heterocycles. The molecule has 1 aromatic heterocycles. The van der Waals surface area contributed by atoms with Crippen molar-refractivity contribution in [2.24, 2.45) is 0 Å². The van der Waals surface area contributed by atoms with E-state index in [1.165, 1.54) is 0 Å². The van der Waals surface area contributed by atoms with Crippen molar-refractivity contribution < 1.29 is 9.32 Å². The lowest BCUT2D eigenvalue weighted by Crippen LogP contribution is -2.34. The molecule has 0 bridgehead atoms. The van der Waals surface area contributed by atoms with Gasteiger partial charge in [-0.1, -0.05) is 46.6 Å². The van der Waals surface area contributed by atoms with Gasteiger partial charge in [-0.05, 0) is 18.6 Å². The first kappa shape index (κ1) is 15.0. The van der Waals surface area contributed by atoms with E-state index < -0.39 is 0 Å². The maximum absolute atomic E-state index is 12.4. The Kier molecular flexibility index (Phi) is 5.59. The number of alkyl halides is 1. The third kappa shape index (κ3) is 3.60. The molecule has 0 aliphatic rings. The minimum absolute atomic E-state index is 0.108. The van der Waals surface area contributed by atoms with Crippen molar-refractivity contribution in [1.29, 1.82) is 0 Å². The summed E-state index contributed by atoms with van der Waals surface area (Å²) in [5.41, 5.74) is 1.46. The van der Waals surface area contributed by atoms with Crippen molar-refractivity contribution >= 4 is 32.8 Å². The predicted octanol–water partition coefficient (Wildman–Crippen LogP) is 3.39. The van der Waals surface area contributed by atoms with Crippen LogP contribution in [0.1, 0.15) is 25.5 Å². The Labute approximate surface area is 127 Å². The van der Waals surface area contributed by atoms with E-state index in [-0.39, 0.29) is 5.91 Å². The van der Waals surface area contributed by atoms with Crippen molar-refractivity contribution in [2.75, 3.05) is 18.4 Å². The summed E-state index contributed by atoms with van der Waals surface area (Å²) in [7, 11) is 0. The molecule has 1 aromatic carbocycles. The third-order valence-electron chi connectivity index (χ3n) is 3.26. The normalized spacial score (nSPS) is 10.9. The lowest BCUT2D eigenvalue weighted by atomic mass is 10.1. The van der Waals surface area contributed by atoms with Gasteiger partial charge in [0.15, 0.2) is 5.58 Å². The van der Waals surface area contributed by atoms with Gasteiger partial charge < -0.3 is 9.42 Å². The van der Waals surface area contributed by atoms with Crippen LogP contribution in [0.25, 0.3) is 11.0 Å². The molecular weight excluding hydrogens is 320 g/mol. The van der Waals surface area contributed by atoms with Gasteiger partial charge in [0.1, 0.15) is 5.69 Å². The third-order valence-corrected chi connectivity index (χ3v) is 3.61. The number of para-hydroxylation sites is 1. The minimum Gasteiger partial charge on any atom is -0.356 e. The van der Waals surface area contributed by atoms with E-state index in [1.807, 2.05) is 29.2 Å². The molecule has 20 heavy (non-hydrogen) atoms. The molecule has 0 atom stereocenters. The summed E-state index contributed by atoms with van der Waals surface area (Å²) in [5.74, 6) is 0.108. The van der Waals surface area contributed by atoms with Gasteiger partial charge in [0.25, 0.3) is 0 Å². The van der Waals surface area contributed by atoms with Gasteiger partial charge in [0.05, 0.1) is 6.42 Å². The molecule has 1 heterocycles. The zero-order chi connectivity index (χ0) is 14.4. The van der Waals surface area contributed by atoms with Gasteiger partial charge in [0.2, 0.25) is 5.91 Å². The van der Waals surface area contributed by atoms with E-state index in [4.69, 9.17) is 4.52 Å². The predicted molar refractivity (Wildman–Crippen MR) is 83.0 cm³/mol. The first-order chi connectivity index (χ1) is 9.76. The van der Waals surface area contributed by atoms with E-state index in [2.05, 4.69) is 28.0 Å². The Balaban J connectivity index is 2.08. The Hall–Kier alpha value is -1.36. The average Bonchev–Trinajstić information content (AvgIpc) is 2.87. The number of hydrogen-bond donors (Lipinski definition) is 0. The number of rotatable bonds is 7. The Morgan fingerprint density at radius 3 is 2.90 bits per heavy atom. The number of aromatic nitrogens is 1. The first-order valence-electron chi connectivity index (χ1n) is 6.93. The van der Waals surface area contributed by atoms with Gasteiger partial charge in [-0.3, -0.25) is 4.79 Å². The number of amides is 1. The molecule has 0 saturated heterocycles. The summed E-state index contributed by atoms with van der Waals surface area (Å²) in [5, 5.41) is 5.74. The summed E-state index contributed by atoms with van der Waals surface area (Å²) in [4.78, 5) is 14.3. The van der Waals surface area contributed by atoms with Gasteiger partial charge in [0, 0.05) is 23.8 Å². The largest absolute Gasteiger partial charge is 0.356 e. The molecule has 0 aliphatic carbocycles. The van der Waals surface area contributed by atoms with Gasteiger partial charge in [-0.15, -0.1) is 0 Å². The van der Waals surface area contributed by atoms with E-state index in [0.29, 0.717) is 6.42 Å². The van der Waals surface area contributed by atoms with Crippen LogP contribution in [0.5, 0.6) is 0 Å². The van der Waals surface area contributed by atoms with Crippen LogP contribution in [0.4, 0.5) is 0 Å². The molecule has 2 rings (SSSR count). The van der Waals surface area contributed by atoms with Crippen LogP contribution < -0.4 is 0 Å². The van der Waals surface area contributed by atoms with E-state index in [0.717, 1.165) is 47.9 Å². The summed E-state index contributed by atoms with van der Waals surface area (Å²) in [6, 6.07) is 7.64. The Morgan fingerprint density at radius 2 is 2.15 bits per heavy atom. The Morgan fingerprint density at radius 1 is 1.35 bits per heavy atom. The number of fused-ring (bicyclic) bond motifs is 1. The summed E-state index contributed by atoms with van der Waals surface area (Å²) in [6.07, 6.45) is 2.41. The molecule has 0 N–H and O–H groups in total. The number of benzene rings is 1. The van der Waals surface area contributed by atoms with Crippen LogP contribution in [0.3, 0.4) is 0 Å². The highest BCUT2D eigenvalue weighted by Gasteiger charge is 2.17.